The van der Waals surface area contributed by atoms with E-state index in [1.165, 1.54) is 26.4 Å². The summed E-state index contributed by atoms with van der Waals surface area (Å²) in [5.41, 5.74) is -1.35. The number of hydrogen-bond acceptors (Lipinski definition) is 15. The number of carbonyl (C=O) groups excluding carboxylic acids is 3. The molecule has 0 radical (unpaired) electrons. The molecule has 0 saturated carbocycles. The Balaban J connectivity index is 1.34. The highest BCUT2D eigenvalue weighted by atomic mass is 16.8. The van der Waals surface area contributed by atoms with Crippen molar-refractivity contribution in [3.8, 4) is 0 Å². The van der Waals surface area contributed by atoms with Gasteiger partial charge in [0.2, 0.25) is 0 Å². The van der Waals surface area contributed by atoms with Gasteiger partial charge in [-0.1, -0.05) is 26.8 Å². The number of ketones is 1. The SMILES string of the molecule is CO[C@@H]1[C@H](O)[C@@H](C)O[C@@H](OCC2C(C)OC(=O)/C=C\C(C)C(O[C@@H]3O[C@H](C)C[C@@]4(OC(=O)O[C@H]4C)[C@H]3O)C(C)CC(C)C(=O)/C=C\C3OC32)[C@@H]1OC. The second-order valence-electron chi connectivity index (χ2n) is 15.0. The number of aliphatic hydroxyl groups excluding tert-OH is 2. The van der Waals surface area contributed by atoms with Gasteiger partial charge < -0.3 is 57.6 Å². The molecule has 5 rings (SSSR count). The van der Waals surface area contributed by atoms with Gasteiger partial charge in [-0.05, 0) is 52.2 Å². The lowest BCUT2D eigenvalue weighted by atomic mass is 9.82. The van der Waals surface area contributed by atoms with Crippen LogP contribution in [0.25, 0.3) is 0 Å². The van der Waals surface area contributed by atoms with Crippen molar-refractivity contribution < 1.29 is 72.0 Å². The zero-order valence-corrected chi connectivity index (χ0v) is 31.4. The molecule has 0 aliphatic carbocycles. The molecule has 2 N–H and O–H groups in total. The van der Waals surface area contributed by atoms with Crippen molar-refractivity contribution in [3.63, 3.8) is 0 Å². The van der Waals surface area contributed by atoms with Gasteiger partial charge in [-0.15, -0.1) is 0 Å². The lowest BCUT2D eigenvalue weighted by Crippen LogP contribution is -2.62. The Morgan fingerprint density at radius 1 is 0.827 bits per heavy atom. The average molecular weight is 741 g/mol. The predicted octanol–water partition coefficient (Wildman–Crippen LogP) is 2.62. The van der Waals surface area contributed by atoms with Crippen LogP contribution in [0.3, 0.4) is 0 Å². The van der Waals surface area contributed by atoms with E-state index in [1.807, 2.05) is 20.8 Å². The van der Waals surface area contributed by atoms with E-state index in [0.717, 1.165) is 0 Å². The van der Waals surface area contributed by atoms with Gasteiger partial charge in [0.15, 0.2) is 24.0 Å². The molecule has 15 nitrogen and oxygen atoms in total. The van der Waals surface area contributed by atoms with Gasteiger partial charge in [0.05, 0.1) is 31.0 Å². The number of cyclic esters (lactones) is 2. The smallest absolute Gasteiger partial charge is 0.459 e. The first-order chi connectivity index (χ1) is 24.6. The highest BCUT2D eigenvalue weighted by Gasteiger charge is 2.61. The van der Waals surface area contributed by atoms with Gasteiger partial charge in [-0.2, -0.15) is 0 Å². The van der Waals surface area contributed by atoms with Crippen LogP contribution in [0, 0.1) is 23.7 Å². The molecule has 0 bridgehead atoms. The number of aliphatic hydroxyl groups is 2. The first-order valence-corrected chi connectivity index (χ1v) is 18.3. The second kappa shape index (κ2) is 16.9. The summed E-state index contributed by atoms with van der Waals surface area (Å²) in [6, 6.07) is 0. The molecule has 294 valence electrons. The van der Waals surface area contributed by atoms with Crippen molar-refractivity contribution in [1.82, 2.24) is 0 Å². The summed E-state index contributed by atoms with van der Waals surface area (Å²) in [6.45, 7) is 12.6. The van der Waals surface area contributed by atoms with E-state index in [9.17, 15) is 24.6 Å². The molecule has 4 saturated heterocycles. The summed E-state index contributed by atoms with van der Waals surface area (Å²) >= 11 is 0. The molecular formula is C37H56O15. The van der Waals surface area contributed by atoms with E-state index in [2.05, 4.69) is 0 Å². The zero-order valence-electron chi connectivity index (χ0n) is 31.4. The van der Waals surface area contributed by atoms with Crippen molar-refractivity contribution in [2.24, 2.45) is 23.7 Å². The molecule has 52 heavy (non-hydrogen) atoms. The van der Waals surface area contributed by atoms with E-state index in [4.69, 9.17) is 47.4 Å². The normalized spacial score (nSPS) is 48.7. The van der Waals surface area contributed by atoms with Crippen LogP contribution in [0.4, 0.5) is 4.79 Å². The fourth-order valence-electron chi connectivity index (χ4n) is 7.99. The van der Waals surface area contributed by atoms with E-state index in [-0.39, 0.29) is 24.7 Å². The minimum Gasteiger partial charge on any atom is -0.459 e. The second-order valence-corrected chi connectivity index (χ2v) is 15.0. The average Bonchev–Trinajstić information content (AvgIpc) is 3.79. The van der Waals surface area contributed by atoms with Crippen LogP contribution in [-0.4, -0.2) is 134 Å². The Kier molecular flexibility index (Phi) is 13.2. The first-order valence-electron chi connectivity index (χ1n) is 18.3. The third-order valence-electron chi connectivity index (χ3n) is 11.2. The number of methoxy groups -OCH3 is 2. The van der Waals surface area contributed by atoms with Gasteiger partial charge in [-0.3, -0.25) is 4.79 Å². The summed E-state index contributed by atoms with van der Waals surface area (Å²) < 4.78 is 58.3. The topological polar surface area (TPSA) is 187 Å². The van der Waals surface area contributed by atoms with Crippen LogP contribution in [0.15, 0.2) is 24.3 Å². The third kappa shape index (κ3) is 8.74. The van der Waals surface area contributed by atoms with E-state index in [1.54, 1.807) is 39.8 Å². The third-order valence-corrected chi connectivity index (χ3v) is 11.2. The number of carbonyl (C=O) groups is 3. The Hall–Kier alpha value is -2.47. The lowest BCUT2D eigenvalue weighted by Gasteiger charge is -2.46. The standard InChI is InChI=1S/C37H56O15/c1-17-10-13-27(39)47-21(5)24(16-45-34-32(44-9)31(43-8)28(40)22(6)48-34)30-26(50-30)12-11-25(38)18(2)14-19(3)29(17)51-35-33(41)37(15-20(4)46-35)23(7)49-36(42)52-37/h10-13,17-24,26,28-35,40-41H,14-16H2,1-9H3/b12-11-,13-10-/t17?,18?,19?,20-,21?,22-,23+,24?,26?,28-,29?,30?,31-,32-,33+,34-,35+,37+/m1/s1. The monoisotopic (exact) mass is 740 g/mol. The summed E-state index contributed by atoms with van der Waals surface area (Å²) in [7, 11) is 2.96. The number of hydrogen-bond donors (Lipinski definition) is 2. The van der Waals surface area contributed by atoms with Crippen LogP contribution in [0.5, 0.6) is 0 Å². The van der Waals surface area contributed by atoms with Gasteiger partial charge >= 0.3 is 12.1 Å². The van der Waals surface area contributed by atoms with Gasteiger partial charge in [-0.25, -0.2) is 9.59 Å². The maximum Gasteiger partial charge on any atom is 0.509 e. The van der Waals surface area contributed by atoms with Crippen LogP contribution >= 0.6 is 0 Å². The summed E-state index contributed by atoms with van der Waals surface area (Å²) in [4.78, 5) is 38.7. The highest BCUT2D eigenvalue weighted by molar-refractivity contribution is 5.91. The molecule has 4 fully saturated rings. The molecule has 0 aromatic carbocycles. The Morgan fingerprint density at radius 3 is 2.19 bits per heavy atom. The molecule has 0 aromatic rings. The van der Waals surface area contributed by atoms with Crippen molar-refractivity contribution in [1.29, 1.82) is 0 Å². The minimum absolute atomic E-state index is 0.0493. The van der Waals surface area contributed by atoms with Crippen LogP contribution in [0.2, 0.25) is 0 Å². The highest BCUT2D eigenvalue weighted by Crippen LogP contribution is 2.42. The van der Waals surface area contributed by atoms with Gasteiger partial charge in [0, 0.05) is 44.5 Å². The molecule has 8 unspecified atom stereocenters. The van der Waals surface area contributed by atoms with Gasteiger partial charge in [0.25, 0.3) is 0 Å². The van der Waals surface area contributed by atoms with Crippen LogP contribution in [-0.2, 0) is 57.0 Å². The van der Waals surface area contributed by atoms with E-state index in [0.29, 0.717) is 6.42 Å². The largest absolute Gasteiger partial charge is 0.509 e. The first kappa shape index (κ1) is 40.7. The van der Waals surface area contributed by atoms with Gasteiger partial charge in [0.1, 0.15) is 42.7 Å². The molecule has 0 aromatic heterocycles. The molecule has 18 atom stereocenters. The van der Waals surface area contributed by atoms with Crippen LogP contribution < -0.4 is 0 Å². The van der Waals surface area contributed by atoms with Crippen molar-refractivity contribution in [2.75, 3.05) is 20.8 Å². The number of fused-ring (bicyclic) bond motifs is 1. The minimum atomic E-state index is -1.36. The number of esters is 1. The van der Waals surface area contributed by atoms with Crippen molar-refractivity contribution in [3.05, 3.63) is 24.3 Å². The Morgan fingerprint density at radius 2 is 1.54 bits per heavy atom. The zero-order chi connectivity index (χ0) is 38.1. The number of rotatable bonds is 7. The fourth-order valence-corrected chi connectivity index (χ4v) is 7.99. The molecule has 5 heterocycles. The van der Waals surface area contributed by atoms with E-state index >= 15 is 0 Å². The fraction of sp³-hybridized carbons (Fsp3) is 0.811. The molecule has 5 aliphatic heterocycles. The van der Waals surface area contributed by atoms with Crippen LogP contribution in [0.1, 0.15) is 61.3 Å². The Bertz CT molecular complexity index is 1320. The molecule has 15 heteroatoms. The number of ether oxygens (including phenoxy) is 10. The molecular weight excluding hydrogens is 684 g/mol. The number of allylic oxidation sites excluding steroid dienone is 1. The molecule has 5 aliphatic rings. The summed E-state index contributed by atoms with van der Waals surface area (Å²) in [6.07, 6.45) is -3.65. The van der Waals surface area contributed by atoms with Crippen molar-refractivity contribution >= 4 is 17.9 Å². The number of epoxide rings is 1. The predicted molar refractivity (Wildman–Crippen MR) is 181 cm³/mol. The summed E-state index contributed by atoms with van der Waals surface area (Å²) in [5, 5.41) is 22.0. The lowest BCUT2D eigenvalue weighted by molar-refractivity contribution is -0.308. The molecule has 0 amide bonds. The quantitative estimate of drug-likeness (QED) is 0.286. The maximum atomic E-state index is 13.4. The maximum absolute atomic E-state index is 13.4. The Labute approximate surface area is 305 Å². The summed E-state index contributed by atoms with van der Waals surface area (Å²) in [5.74, 6) is -2.20. The van der Waals surface area contributed by atoms with E-state index < -0.39 is 115 Å². The van der Waals surface area contributed by atoms with Crippen molar-refractivity contribution in [2.45, 2.75) is 147 Å². The molecule has 1 spiro atoms.